The molecule has 3 heteroatoms. The van der Waals surface area contributed by atoms with Crippen LogP contribution in [-0.4, -0.2) is 11.0 Å². The van der Waals surface area contributed by atoms with E-state index in [9.17, 15) is 9.90 Å². The molecule has 1 aromatic carbocycles. The third-order valence-electron chi connectivity index (χ3n) is 3.76. The Balaban J connectivity index is 2.03. The van der Waals surface area contributed by atoms with E-state index in [4.69, 9.17) is 0 Å². The number of aromatic hydroxyl groups is 1. The summed E-state index contributed by atoms with van der Waals surface area (Å²) in [5.41, 5.74) is 1.79. The van der Waals surface area contributed by atoms with E-state index in [1.807, 2.05) is 6.07 Å². The fourth-order valence-electron chi connectivity index (χ4n) is 2.79. The standard InChI is InChI=1S/C16H23NO2/c1-2-6-12-9-14(11-15(18)10-12)17-16(19)13-7-4-3-5-8-13/h9-11,13,18H,2-8H2,1H3,(H,17,19). The van der Waals surface area contributed by atoms with Crippen LogP contribution in [-0.2, 0) is 11.2 Å². The van der Waals surface area contributed by atoms with E-state index in [1.165, 1.54) is 6.42 Å². The molecule has 1 aromatic rings. The fraction of sp³-hybridized carbons (Fsp3) is 0.562. The molecule has 0 spiro atoms. The van der Waals surface area contributed by atoms with Crippen molar-refractivity contribution in [3.05, 3.63) is 23.8 Å². The predicted octanol–water partition coefficient (Wildman–Crippen LogP) is 3.86. The Labute approximate surface area is 115 Å². The molecule has 0 aromatic heterocycles. The molecule has 2 N–H and O–H groups in total. The van der Waals surface area contributed by atoms with Crippen LogP contribution in [0.1, 0.15) is 51.0 Å². The van der Waals surface area contributed by atoms with Gasteiger partial charge in [-0.2, -0.15) is 0 Å². The first-order valence-electron chi connectivity index (χ1n) is 7.33. The SMILES string of the molecule is CCCc1cc(O)cc(NC(=O)C2CCCCC2)c1. The minimum absolute atomic E-state index is 0.104. The summed E-state index contributed by atoms with van der Waals surface area (Å²) in [4.78, 5) is 12.2. The third-order valence-corrected chi connectivity index (χ3v) is 3.76. The molecule has 3 nitrogen and oxygen atoms in total. The van der Waals surface area contributed by atoms with E-state index in [1.54, 1.807) is 12.1 Å². The second kappa shape index (κ2) is 6.60. The maximum Gasteiger partial charge on any atom is 0.227 e. The highest BCUT2D eigenvalue weighted by Gasteiger charge is 2.21. The average molecular weight is 261 g/mol. The molecule has 19 heavy (non-hydrogen) atoms. The molecule has 1 fully saturated rings. The molecule has 1 amide bonds. The van der Waals surface area contributed by atoms with Crippen LogP contribution >= 0.6 is 0 Å². The van der Waals surface area contributed by atoms with Gasteiger partial charge in [-0.1, -0.05) is 32.6 Å². The van der Waals surface area contributed by atoms with Crippen molar-refractivity contribution in [3.63, 3.8) is 0 Å². The Bertz CT molecular complexity index is 436. The molecule has 1 aliphatic carbocycles. The van der Waals surface area contributed by atoms with Gasteiger partial charge in [0.15, 0.2) is 0 Å². The fourth-order valence-corrected chi connectivity index (χ4v) is 2.79. The summed E-state index contributed by atoms with van der Waals surface area (Å²) in [5, 5.41) is 12.6. The molecule has 0 radical (unpaired) electrons. The number of phenols is 1. The predicted molar refractivity (Wildman–Crippen MR) is 77.3 cm³/mol. The number of aryl methyl sites for hydroxylation is 1. The normalized spacial score (nSPS) is 16.3. The lowest BCUT2D eigenvalue weighted by molar-refractivity contribution is -0.120. The monoisotopic (exact) mass is 261 g/mol. The molecule has 0 unspecified atom stereocenters. The van der Waals surface area contributed by atoms with E-state index < -0.39 is 0 Å². The van der Waals surface area contributed by atoms with E-state index in [0.717, 1.165) is 49.8 Å². The maximum atomic E-state index is 12.2. The van der Waals surface area contributed by atoms with Crippen LogP contribution in [0.3, 0.4) is 0 Å². The van der Waals surface area contributed by atoms with E-state index in [2.05, 4.69) is 12.2 Å². The molecule has 2 rings (SSSR count). The van der Waals surface area contributed by atoms with Crippen LogP contribution in [0, 0.1) is 5.92 Å². The van der Waals surface area contributed by atoms with Crippen molar-refractivity contribution >= 4 is 11.6 Å². The number of carbonyl (C=O) groups excluding carboxylic acids is 1. The van der Waals surface area contributed by atoms with Gasteiger partial charge in [-0.05, 0) is 37.0 Å². The van der Waals surface area contributed by atoms with Crippen LogP contribution in [0.2, 0.25) is 0 Å². The molecule has 0 aliphatic heterocycles. The zero-order valence-corrected chi connectivity index (χ0v) is 11.6. The number of benzene rings is 1. The van der Waals surface area contributed by atoms with Crippen LogP contribution < -0.4 is 5.32 Å². The summed E-state index contributed by atoms with van der Waals surface area (Å²) in [5.74, 6) is 0.475. The minimum Gasteiger partial charge on any atom is -0.508 e. The Morgan fingerprint density at radius 1 is 1.26 bits per heavy atom. The van der Waals surface area contributed by atoms with Crippen molar-refractivity contribution in [1.82, 2.24) is 0 Å². The second-order valence-corrected chi connectivity index (χ2v) is 5.46. The van der Waals surface area contributed by atoms with Gasteiger partial charge in [0.25, 0.3) is 0 Å². The van der Waals surface area contributed by atoms with E-state index in [-0.39, 0.29) is 17.6 Å². The van der Waals surface area contributed by atoms with E-state index >= 15 is 0 Å². The highest BCUT2D eigenvalue weighted by atomic mass is 16.3. The number of nitrogens with one attached hydrogen (secondary N) is 1. The summed E-state index contributed by atoms with van der Waals surface area (Å²) in [6.07, 6.45) is 7.48. The third kappa shape index (κ3) is 3.98. The summed E-state index contributed by atoms with van der Waals surface area (Å²) in [6.45, 7) is 2.10. The molecule has 1 aliphatic rings. The minimum atomic E-state index is 0.104. The second-order valence-electron chi connectivity index (χ2n) is 5.46. The van der Waals surface area contributed by atoms with Gasteiger partial charge in [-0.15, -0.1) is 0 Å². The summed E-state index contributed by atoms with van der Waals surface area (Å²) in [6, 6.07) is 5.35. The lowest BCUT2D eigenvalue weighted by atomic mass is 9.88. The maximum absolute atomic E-state index is 12.2. The Morgan fingerprint density at radius 2 is 2.00 bits per heavy atom. The van der Waals surface area contributed by atoms with Gasteiger partial charge in [0, 0.05) is 17.7 Å². The van der Waals surface area contributed by atoms with Gasteiger partial charge >= 0.3 is 0 Å². The quantitative estimate of drug-likeness (QED) is 0.864. The molecule has 0 heterocycles. The zero-order valence-electron chi connectivity index (χ0n) is 11.6. The van der Waals surface area contributed by atoms with Gasteiger partial charge in [-0.25, -0.2) is 0 Å². The first kappa shape index (κ1) is 13.9. The van der Waals surface area contributed by atoms with Gasteiger partial charge in [0.1, 0.15) is 5.75 Å². The molecule has 1 saturated carbocycles. The van der Waals surface area contributed by atoms with Gasteiger partial charge in [0.2, 0.25) is 5.91 Å². The first-order chi connectivity index (χ1) is 9.19. The molecule has 104 valence electrons. The topological polar surface area (TPSA) is 49.3 Å². The molecular weight excluding hydrogens is 238 g/mol. The Kier molecular flexibility index (Phi) is 4.83. The number of hydrogen-bond acceptors (Lipinski definition) is 2. The molecular formula is C16H23NO2. The Hall–Kier alpha value is -1.51. The van der Waals surface area contributed by atoms with Gasteiger partial charge < -0.3 is 10.4 Å². The molecule has 0 saturated heterocycles. The summed E-state index contributed by atoms with van der Waals surface area (Å²) >= 11 is 0. The van der Waals surface area contributed by atoms with Crippen molar-refractivity contribution < 1.29 is 9.90 Å². The number of carbonyl (C=O) groups is 1. The van der Waals surface area contributed by atoms with Crippen molar-refractivity contribution in [2.45, 2.75) is 51.9 Å². The lowest BCUT2D eigenvalue weighted by Crippen LogP contribution is -2.24. The van der Waals surface area contributed by atoms with Crippen LogP contribution in [0.25, 0.3) is 0 Å². The van der Waals surface area contributed by atoms with E-state index in [0.29, 0.717) is 0 Å². The van der Waals surface area contributed by atoms with Crippen molar-refractivity contribution in [1.29, 1.82) is 0 Å². The van der Waals surface area contributed by atoms with Gasteiger partial charge in [0.05, 0.1) is 0 Å². The number of anilines is 1. The van der Waals surface area contributed by atoms with Crippen LogP contribution in [0.5, 0.6) is 5.75 Å². The molecule has 0 bridgehead atoms. The van der Waals surface area contributed by atoms with Gasteiger partial charge in [-0.3, -0.25) is 4.79 Å². The smallest absolute Gasteiger partial charge is 0.227 e. The van der Waals surface area contributed by atoms with Crippen molar-refractivity contribution in [2.75, 3.05) is 5.32 Å². The summed E-state index contributed by atoms with van der Waals surface area (Å²) < 4.78 is 0. The average Bonchev–Trinajstić information content (AvgIpc) is 2.39. The van der Waals surface area contributed by atoms with Crippen LogP contribution in [0.15, 0.2) is 18.2 Å². The number of rotatable bonds is 4. The zero-order chi connectivity index (χ0) is 13.7. The van der Waals surface area contributed by atoms with Crippen molar-refractivity contribution in [3.8, 4) is 5.75 Å². The highest BCUT2D eigenvalue weighted by Crippen LogP contribution is 2.26. The largest absolute Gasteiger partial charge is 0.508 e. The number of phenolic OH excluding ortho intramolecular Hbond substituents is 1. The number of hydrogen-bond donors (Lipinski definition) is 2. The first-order valence-corrected chi connectivity index (χ1v) is 7.33. The number of amides is 1. The lowest BCUT2D eigenvalue weighted by Gasteiger charge is -2.21. The summed E-state index contributed by atoms with van der Waals surface area (Å²) in [7, 11) is 0. The van der Waals surface area contributed by atoms with Crippen LogP contribution in [0.4, 0.5) is 5.69 Å². The molecule has 0 atom stereocenters. The Morgan fingerprint density at radius 3 is 2.68 bits per heavy atom. The van der Waals surface area contributed by atoms with Crippen molar-refractivity contribution in [2.24, 2.45) is 5.92 Å². The highest BCUT2D eigenvalue weighted by molar-refractivity contribution is 5.92.